The summed E-state index contributed by atoms with van der Waals surface area (Å²) in [4.78, 5) is 2.55. The highest BCUT2D eigenvalue weighted by atomic mass is 32.2. The molecule has 2 saturated heterocycles. The average molecular weight is 200 g/mol. The van der Waals surface area contributed by atoms with Crippen LogP contribution in [0.1, 0.15) is 13.8 Å². The van der Waals surface area contributed by atoms with Gasteiger partial charge in [0.15, 0.2) is 0 Å². The van der Waals surface area contributed by atoms with Crippen molar-refractivity contribution in [2.45, 2.75) is 25.9 Å². The van der Waals surface area contributed by atoms with Crippen LogP contribution in [0.15, 0.2) is 0 Å². The number of rotatable bonds is 3. The van der Waals surface area contributed by atoms with Crippen LogP contribution in [0.25, 0.3) is 0 Å². The molecule has 2 heterocycles. The van der Waals surface area contributed by atoms with Gasteiger partial charge in [-0.15, -0.1) is 0 Å². The summed E-state index contributed by atoms with van der Waals surface area (Å²) in [6.45, 7) is 8.39. The number of thioether (sulfide) groups is 1. The lowest BCUT2D eigenvalue weighted by Gasteiger charge is -2.30. The molecule has 76 valence electrons. The van der Waals surface area contributed by atoms with E-state index >= 15 is 0 Å². The van der Waals surface area contributed by atoms with E-state index in [-0.39, 0.29) is 0 Å². The minimum Gasteiger partial charge on any atom is -0.308 e. The van der Waals surface area contributed by atoms with Crippen molar-refractivity contribution in [2.24, 2.45) is 5.92 Å². The Balaban J connectivity index is 1.78. The lowest BCUT2D eigenvalue weighted by molar-refractivity contribution is 0.339. The van der Waals surface area contributed by atoms with E-state index in [0.717, 1.165) is 18.0 Å². The standard InChI is InChI=1S/C10H20N2S/c1-3-12-4-8(2)10(5-12)11-9-6-13-7-9/h8-11H,3-7H2,1-2H3. The SMILES string of the molecule is CCN1CC(C)C(NC2CSC2)C1. The van der Waals surface area contributed by atoms with Gasteiger partial charge in [-0.05, 0) is 12.5 Å². The van der Waals surface area contributed by atoms with Crippen molar-refractivity contribution >= 4 is 11.8 Å². The van der Waals surface area contributed by atoms with Gasteiger partial charge < -0.3 is 10.2 Å². The fraction of sp³-hybridized carbons (Fsp3) is 1.00. The zero-order valence-corrected chi connectivity index (χ0v) is 9.44. The van der Waals surface area contributed by atoms with Gasteiger partial charge in [-0.2, -0.15) is 11.8 Å². The van der Waals surface area contributed by atoms with Crippen molar-refractivity contribution in [1.29, 1.82) is 0 Å². The zero-order chi connectivity index (χ0) is 9.26. The van der Waals surface area contributed by atoms with Crippen LogP contribution in [0.5, 0.6) is 0 Å². The van der Waals surface area contributed by atoms with Crippen molar-refractivity contribution in [1.82, 2.24) is 10.2 Å². The number of hydrogen-bond acceptors (Lipinski definition) is 3. The molecule has 1 N–H and O–H groups in total. The monoisotopic (exact) mass is 200 g/mol. The van der Waals surface area contributed by atoms with E-state index in [1.807, 2.05) is 0 Å². The number of nitrogens with one attached hydrogen (secondary N) is 1. The van der Waals surface area contributed by atoms with Crippen molar-refractivity contribution in [3.8, 4) is 0 Å². The van der Waals surface area contributed by atoms with Gasteiger partial charge in [0.25, 0.3) is 0 Å². The molecule has 2 aliphatic rings. The minimum absolute atomic E-state index is 0.755. The van der Waals surface area contributed by atoms with E-state index in [9.17, 15) is 0 Å². The van der Waals surface area contributed by atoms with Crippen LogP contribution < -0.4 is 5.32 Å². The van der Waals surface area contributed by atoms with Gasteiger partial charge in [0.1, 0.15) is 0 Å². The third-order valence-electron chi connectivity index (χ3n) is 3.22. The molecule has 2 atom stereocenters. The first-order chi connectivity index (χ1) is 6.29. The molecule has 0 aliphatic carbocycles. The van der Waals surface area contributed by atoms with E-state index in [1.54, 1.807) is 0 Å². The molecule has 0 aromatic carbocycles. The minimum atomic E-state index is 0.755. The average Bonchev–Trinajstić information content (AvgIpc) is 2.39. The Morgan fingerprint density at radius 2 is 2.15 bits per heavy atom. The fourth-order valence-corrected chi connectivity index (χ4v) is 2.84. The molecule has 2 aliphatic heterocycles. The predicted octanol–water partition coefficient (Wildman–Crippen LogP) is 1.03. The first kappa shape index (κ1) is 9.81. The molecule has 0 spiro atoms. The molecule has 0 amide bonds. The maximum Gasteiger partial charge on any atom is 0.0252 e. The third kappa shape index (κ3) is 2.20. The second-order valence-electron chi connectivity index (χ2n) is 4.34. The highest BCUT2D eigenvalue weighted by Gasteiger charge is 2.31. The van der Waals surface area contributed by atoms with Crippen LogP contribution in [-0.4, -0.2) is 48.1 Å². The summed E-state index contributed by atoms with van der Waals surface area (Å²) >= 11 is 2.06. The second kappa shape index (κ2) is 4.20. The molecule has 0 aromatic heterocycles. The molecular formula is C10H20N2S. The van der Waals surface area contributed by atoms with E-state index in [2.05, 4.69) is 35.8 Å². The number of hydrogen-bond donors (Lipinski definition) is 1. The van der Waals surface area contributed by atoms with Crippen molar-refractivity contribution in [2.75, 3.05) is 31.1 Å². The van der Waals surface area contributed by atoms with Crippen molar-refractivity contribution in [3.05, 3.63) is 0 Å². The van der Waals surface area contributed by atoms with E-state index in [4.69, 9.17) is 0 Å². The lowest BCUT2D eigenvalue weighted by atomic mass is 10.1. The van der Waals surface area contributed by atoms with Crippen molar-refractivity contribution < 1.29 is 0 Å². The molecule has 2 fully saturated rings. The highest BCUT2D eigenvalue weighted by molar-refractivity contribution is 8.00. The van der Waals surface area contributed by atoms with Crippen LogP contribution in [0.3, 0.4) is 0 Å². The number of likely N-dealkylation sites (tertiary alicyclic amines) is 1. The normalized spacial score (nSPS) is 36.5. The van der Waals surface area contributed by atoms with Gasteiger partial charge in [-0.1, -0.05) is 13.8 Å². The number of nitrogens with zero attached hydrogens (tertiary/aromatic N) is 1. The molecular weight excluding hydrogens is 180 g/mol. The van der Waals surface area contributed by atoms with Crippen molar-refractivity contribution in [3.63, 3.8) is 0 Å². The van der Waals surface area contributed by atoms with Crippen LogP contribution in [0, 0.1) is 5.92 Å². The fourth-order valence-electron chi connectivity index (χ4n) is 2.18. The Kier molecular flexibility index (Phi) is 3.17. The molecule has 0 aromatic rings. The largest absolute Gasteiger partial charge is 0.308 e. The van der Waals surface area contributed by atoms with Gasteiger partial charge in [-0.25, -0.2) is 0 Å². The van der Waals surface area contributed by atoms with Crippen LogP contribution in [-0.2, 0) is 0 Å². The van der Waals surface area contributed by atoms with Gasteiger partial charge >= 0.3 is 0 Å². The van der Waals surface area contributed by atoms with Gasteiger partial charge in [0.2, 0.25) is 0 Å². The molecule has 0 saturated carbocycles. The molecule has 13 heavy (non-hydrogen) atoms. The Hall–Kier alpha value is 0.270. The smallest absolute Gasteiger partial charge is 0.0252 e. The highest BCUT2D eigenvalue weighted by Crippen LogP contribution is 2.22. The second-order valence-corrected chi connectivity index (χ2v) is 5.41. The van der Waals surface area contributed by atoms with Crippen LogP contribution in [0.4, 0.5) is 0 Å². The van der Waals surface area contributed by atoms with E-state index in [1.165, 1.54) is 31.1 Å². The predicted molar refractivity (Wildman–Crippen MR) is 59.3 cm³/mol. The Labute approximate surface area is 85.4 Å². The summed E-state index contributed by atoms with van der Waals surface area (Å²) in [5.74, 6) is 3.50. The molecule has 3 heteroatoms. The maximum atomic E-state index is 3.77. The first-order valence-corrected chi connectivity index (χ1v) is 6.51. The van der Waals surface area contributed by atoms with Gasteiger partial charge in [0.05, 0.1) is 0 Å². The van der Waals surface area contributed by atoms with Gasteiger partial charge in [0, 0.05) is 36.7 Å². The number of likely N-dealkylation sites (N-methyl/N-ethyl adjacent to an activating group) is 1. The third-order valence-corrected chi connectivity index (χ3v) is 4.50. The topological polar surface area (TPSA) is 15.3 Å². The van der Waals surface area contributed by atoms with E-state index < -0.39 is 0 Å². The molecule has 0 bridgehead atoms. The summed E-state index contributed by atoms with van der Waals surface area (Å²) in [6, 6.07) is 1.57. The maximum absolute atomic E-state index is 3.77. The van der Waals surface area contributed by atoms with Crippen LogP contribution in [0.2, 0.25) is 0 Å². The van der Waals surface area contributed by atoms with E-state index in [0.29, 0.717) is 0 Å². The van der Waals surface area contributed by atoms with Crippen LogP contribution >= 0.6 is 11.8 Å². The summed E-state index contributed by atoms with van der Waals surface area (Å²) < 4.78 is 0. The lowest BCUT2D eigenvalue weighted by Crippen LogP contribution is -2.48. The summed E-state index contributed by atoms with van der Waals surface area (Å²) in [7, 11) is 0. The van der Waals surface area contributed by atoms with Gasteiger partial charge in [-0.3, -0.25) is 0 Å². The quantitative estimate of drug-likeness (QED) is 0.732. The Bertz CT molecular complexity index is 170. The molecule has 0 radical (unpaired) electrons. The first-order valence-electron chi connectivity index (χ1n) is 5.35. The Morgan fingerprint density at radius 3 is 2.62 bits per heavy atom. The molecule has 2 nitrogen and oxygen atoms in total. The molecule has 2 unspecified atom stereocenters. The Morgan fingerprint density at radius 1 is 1.38 bits per heavy atom. The summed E-state index contributed by atoms with van der Waals surface area (Å²) in [5, 5.41) is 3.77. The summed E-state index contributed by atoms with van der Waals surface area (Å²) in [6.07, 6.45) is 0. The summed E-state index contributed by atoms with van der Waals surface area (Å²) in [5.41, 5.74) is 0. The molecule has 2 rings (SSSR count). The zero-order valence-electron chi connectivity index (χ0n) is 8.62.